The number of methoxy groups -OCH3 is 2. The molecule has 2 N–H and O–H groups in total. The molecule has 1 amide bonds. The molecule has 30 heavy (non-hydrogen) atoms. The summed E-state index contributed by atoms with van der Waals surface area (Å²) >= 11 is 0. The highest BCUT2D eigenvalue weighted by atomic mass is 16.6. The monoisotopic (exact) mass is 414 g/mol. The maximum atomic E-state index is 12.9. The number of amides is 1. The van der Waals surface area contributed by atoms with Gasteiger partial charge >= 0.3 is 6.09 Å². The summed E-state index contributed by atoms with van der Waals surface area (Å²) in [5.74, 6) is 0.806. The van der Waals surface area contributed by atoms with Crippen LogP contribution in [0.2, 0.25) is 0 Å². The highest BCUT2D eigenvalue weighted by Crippen LogP contribution is 2.27. The normalized spacial score (nSPS) is 20.9. The zero-order valence-corrected chi connectivity index (χ0v) is 17.5. The lowest BCUT2D eigenvalue weighted by Gasteiger charge is -2.29. The zero-order chi connectivity index (χ0) is 21.3. The van der Waals surface area contributed by atoms with Crippen molar-refractivity contribution in [1.29, 1.82) is 0 Å². The number of nitrogens with zero attached hydrogens (tertiary/aromatic N) is 1. The molecule has 0 aromatic heterocycles. The minimum absolute atomic E-state index is 0.0680. The third kappa shape index (κ3) is 5.50. The van der Waals surface area contributed by atoms with E-state index in [1.165, 1.54) is 0 Å². The molecule has 2 unspecified atom stereocenters. The average Bonchev–Trinajstić information content (AvgIpc) is 3.14. The maximum Gasteiger partial charge on any atom is 0.410 e. The number of hydrogen-bond acceptors (Lipinski definition) is 6. The molecule has 7 heteroatoms. The van der Waals surface area contributed by atoms with E-state index in [0.29, 0.717) is 19.6 Å². The van der Waals surface area contributed by atoms with Gasteiger partial charge in [0.1, 0.15) is 12.4 Å². The average molecular weight is 415 g/mol. The topological polar surface area (TPSA) is 80.3 Å². The largest absolute Gasteiger partial charge is 0.497 e. The quantitative estimate of drug-likeness (QED) is 0.657. The lowest BCUT2D eigenvalue weighted by molar-refractivity contribution is 0.0431. The van der Waals surface area contributed by atoms with Gasteiger partial charge in [0.25, 0.3) is 0 Å². The van der Waals surface area contributed by atoms with Crippen molar-refractivity contribution in [2.24, 2.45) is 0 Å². The lowest BCUT2D eigenvalue weighted by atomic mass is 10.1. The van der Waals surface area contributed by atoms with E-state index in [4.69, 9.17) is 14.2 Å². The van der Waals surface area contributed by atoms with Crippen molar-refractivity contribution in [2.45, 2.75) is 37.7 Å². The SMILES string of the molecule is COC[C@@H]1CC(NCc2ccc(OC)cc2)C(CO)N1C(=O)OCc1ccccc1. The van der Waals surface area contributed by atoms with Crippen LogP contribution in [0.25, 0.3) is 0 Å². The third-order valence-corrected chi connectivity index (χ3v) is 5.43. The van der Waals surface area contributed by atoms with E-state index in [9.17, 15) is 9.90 Å². The van der Waals surface area contributed by atoms with Gasteiger partial charge in [-0.25, -0.2) is 4.79 Å². The fourth-order valence-electron chi connectivity index (χ4n) is 3.87. The van der Waals surface area contributed by atoms with E-state index in [0.717, 1.165) is 16.9 Å². The Labute approximate surface area is 177 Å². The van der Waals surface area contributed by atoms with E-state index in [1.807, 2.05) is 54.6 Å². The summed E-state index contributed by atoms with van der Waals surface area (Å²) in [4.78, 5) is 14.5. The van der Waals surface area contributed by atoms with Gasteiger partial charge in [0.15, 0.2) is 0 Å². The molecular formula is C23H30N2O5. The molecule has 1 aliphatic heterocycles. The Morgan fingerprint density at radius 2 is 1.83 bits per heavy atom. The Balaban J connectivity index is 1.64. The Kier molecular flexibility index (Phi) is 8.07. The molecule has 0 radical (unpaired) electrons. The molecule has 0 saturated carbocycles. The van der Waals surface area contributed by atoms with Gasteiger partial charge < -0.3 is 24.6 Å². The lowest BCUT2D eigenvalue weighted by Crippen LogP contribution is -2.49. The molecule has 3 atom stereocenters. The molecule has 162 valence electrons. The van der Waals surface area contributed by atoms with Crippen molar-refractivity contribution in [3.05, 3.63) is 65.7 Å². The number of aliphatic hydroxyl groups is 1. The third-order valence-electron chi connectivity index (χ3n) is 5.43. The van der Waals surface area contributed by atoms with Crippen LogP contribution < -0.4 is 10.1 Å². The first-order valence-corrected chi connectivity index (χ1v) is 10.1. The van der Waals surface area contributed by atoms with Crippen molar-refractivity contribution in [1.82, 2.24) is 10.2 Å². The Hall–Kier alpha value is -2.61. The molecule has 2 aromatic rings. The summed E-state index contributed by atoms with van der Waals surface area (Å²) in [6, 6.07) is 16.7. The Bertz CT molecular complexity index is 784. The molecule has 1 fully saturated rings. The van der Waals surface area contributed by atoms with Crippen LogP contribution >= 0.6 is 0 Å². The summed E-state index contributed by atoms with van der Waals surface area (Å²) in [5, 5.41) is 13.5. The van der Waals surface area contributed by atoms with E-state index in [1.54, 1.807) is 19.1 Å². The van der Waals surface area contributed by atoms with Crippen LogP contribution in [0.3, 0.4) is 0 Å². The predicted octanol–water partition coefficient (Wildman–Crippen LogP) is 2.57. The van der Waals surface area contributed by atoms with E-state index >= 15 is 0 Å². The maximum absolute atomic E-state index is 12.9. The Morgan fingerprint density at radius 1 is 1.10 bits per heavy atom. The standard InChI is InChI=1S/C23H30N2O5/c1-28-16-19-12-21(24-13-17-8-10-20(29-2)11-9-17)22(14-26)25(19)23(27)30-15-18-6-4-3-5-7-18/h3-11,19,21-22,24,26H,12-16H2,1-2H3/t19-,21?,22?/m0/s1. The van der Waals surface area contributed by atoms with Crippen molar-refractivity contribution in [3.8, 4) is 5.75 Å². The Morgan fingerprint density at radius 3 is 2.47 bits per heavy atom. The first-order valence-electron chi connectivity index (χ1n) is 10.1. The number of likely N-dealkylation sites (tertiary alicyclic amines) is 1. The van der Waals surface area contributed by atoms with Crippen LogP contribution in [0.1, 0.15) is 17.5 Å². The minimum Gasteiger partial charge on any atom is -0.497 e. The zero-order valence-electron chi connectivity index (χ0n) is 17.5. The molecule has 3 rings (SSSR count). The number of benzene rings is 2. The number of nitrogens with one attached hydrogen (secondary N) is 1. The van der Waals surface area contributed by atoms with Gasteiger partial charge in [0, 0.05) is 19.7 Å². The van der Waals surface area contributed by atoms with Crippen LogP contribution in [-0.4, -0.2) is 61.7 Å². The molecule has 0 aliphatic carbocycles. The van der Waals surface area contributed by atoms with Gasteiger partial charge in [-0.3, -0.25) is 4.90 Å². The molecular weight excluding hydrogens is 384 g/mol. The predicted molar refractivity (Wildman–Crippen MR) is 113 cm³/mol. The number of rotatable bonds is 9. The van der Waals surface area contributed by atoms with Crippen LogP contribution in [0.15, 0.2) is 54.6 Å². The first kappa shape index (κ1) is 22.1. The minimum atomic E-state index is -0.436. The van der Waals surface area contributed by atoms with Crippen molar-refractivity contribution < 1.29 is 24.1 Å². The van der Waals surface area contributed by atoms with Crippen molar-refractivity contribution in [3.63, 3.8) is 0 Å². The first-order chi connectivity index (χ1) is 14.7. The van der Waals surface area contributed by atoms with Crippen LogP contribution in [0, 0.1) is 0 Å². The second-order valence-electron chi connectivity index (χ2n) is 7.38. The van der Waals surface area contributed by atoms with Crippen LogP contribution in [0.4, 0.5) is 4.79 Å². The van der Waals surface area contributed by atoms with Gasteiger partial charge in [-0.1, -0.05) is 42.5 Å². The smallest absolute Gasteiger partial charge is 0.410 e. The molecule has 0 bridgehead atoms. The molecule has 1 heterocycles. The summed E-state index contributed by atoms with van der Waals surface area (Å²) in [6.07, 6.45) is 0.240. The molecule has 1 saturated heterocycles. The highest BCUT2D eigenvalue weighted by Gasteiger charge is 2.44. The second-order valence-corrected chi connectivity index (χ2v) is 7.38. The van der Waals surface area contributed by atoms with Crippen molar-refractivity contribution in [2.75, 3.05) is 27.4 Å². The fraction of sp³-hybridized carbons (Fsp3) is 0.435. The van der Waals surface area contributed by atoms with E-state index in [-0.39, 0.29) is 31.3 Å². The van der Waals surface area contributed by atoms with E-state index < -0.39 is 6.09 Å². The fourth-order valence-corrected chi connectivity index (χ4v) is 3.87. The number of carbonyl (C=O) groups is 1. The number of hydrogen-bond donors (Lipinski definition) is 2. The van der Waals surface area contributed by atoms with E-state index in [2.05, 4.69) is 5.32 Å². The van der Waals surface area contributed by atoms with Gasteiger partial charge in [0.05, 0.1) is 32.4 Å². The number of carbonyl (C=O) groups excluding carboxylic acids is 1. The summed E-state index contributed by atoms with van der Waals surface area (Å²) < 4.78 is 16.1. The molecule has 0 spiro atoms. The second kappa shape index (κ2) is 11.0. The van der Waals surface area contributed by atoms with Gasteiger partial charge in [0.2, 0.25) is 0 Å². The number of aliphatic hydroxyl groups excluding tert-OH is 1. The number of ether oxygens (including phenoxy) is 3. The van der Waals surface area contributed by atoms with Gasteiger partial charge in [-0.05, 0) is 29.7 Å². The summed E-state index contributed by atoms with van der Waals surface area (Å²) in [7, 11) is 3.25. The van der Waals surface area contributed by atoms with Crippen LogP contribution in [-0.2, 0) is 22.6 Å². The van der Waals surface area contributed by atoms with Gasteiger partial charge in [-0.2, -0.15) is 0 Å². The summed E-state index contributed by atoms with van der Waals surface area (Å²) in [6.45, 7) is 1.05. The van der Waals surface area contributed by atoms with Gasteiger partial charge in [-0.15, -0.1) is 0 Å². The highest BCUT2D eigenvalue weighted by molar-refractivity contribution is 5.69. The molecule has 2 aromatic carbocycles. The summed E-state index contributed by atoms with van der Waals surface area (Å²) in [5.41, 5.74) is 2.02. The molecule has 1 aliphatic rings. The van der Waals surface area contributed by atoms with Crippen LogP contribution in [0.5, 0.6) is 5.75 Å². The van der Waals surface area contributed by atoms with Crippen molar-refractivity contribution >= 4 is 6.09 Å². The molecule has 7 nitrogen and oxygen atoms in total.